The van der Waals surface area contributed by atoms with Crippen LogP contribution in [0.2, 0.25) is 5.02 Å². The van der Waals surface area contributed by atoms with Gasteiger partial charge in [-0.2, -0.15) is 0 Å². The molecule has 1 fully saturated rings. The first kappa shape index (κ1) is 16.3. The van der Waals surface area contributed by atoms with Gasteiger partial charge in [0.15, 0.2) is 0 Å². The first-order valence-corrected chi connectivity index (χ1v) is 7.76. The number of carbonyl (C=O) groups excluding carboxylic acids is 2. The van der Waals surface area contributed by atoms with Crippen molar-refractivity contribution in [1.82, 2.24) is 5.32 Å². The van der Waals surface area contributed by atoms with Crippen molar-refractivity contribution in [3.05, 3.63) is 58.4 Å². The number of amides is 3. The van der Waals surface area contributed by atoms with E-state index in [-0.39, 0.29) is 16.6 Å². The van der Waals surface area contributed by atoms with Gasteiger partial charge >= 0.3 is 6.03 Å². The summed E-state index contributed by atoms with van der Waals surface area (Å²) in [5.74, 6) is -0.875. The minimum Gasteiger partial charge on any atom is -0.336 e. The molecule has 3 amide bonds. The van der Waals surface area contributed by atoms with Crippen molar-refractivity contribution in [2.24, 2.45) is 0 Å². The highest BCUT2D eigenvalue weighted by Gasteiger charge is 2.21. The number of rotatable bonds is 3. The van der Waals surface area contributed by atoms with E-state index in [1.807, 2.05) is 0 Å². The van der Waals surface area contributed by atoms with E-state index in [1.54, 1.807) is 36.1 Å². The Bertz CT molecular complexity index is 808. The zero-order valence-corrected chi connectivity index (χ0v) is 13.7. The third-order valence-electron chi connectivity index (χ3n) is 3.79. The molecule has 1 aliphatic rings. The van der Waals surface area contributed by atoms with Crippen molar-refractivity contribution in [3.8, 4) is 0 Å². The van der Waals surface area contributed by atoms with Gasteiger partial charge < -0.3 is 10.6 Å². The Balaban J connectivity index is 1.75. The third kappa shape index (κ3) is 3.19. The number of halogens is 2. The number of benzene rings is 2. The van der Waals surface area contributed by atoms with E-state index in [9.17, 15) is 14.0 Å². The van der Waals surface area contributed by atoms with Crippen LogP contribution in [-0.2, 0) is 0 Å². The molecule has 124 valence electrons. The highest BCUT2D eigenvalue weighted by Crippen LogP contribution is 2.23. The number of aryl methyl sites for hydroxylation is 1. The van der Waals surface area contributed by atoms with E-state index in [2.05, 4.69) is 10.6 Å². The molecular formula is C17H15ClFN3O2. The van der Waals surface area contributed by atoms with Gasteiger partial charge in [0.25, 0.3) is 5.91 Å². The molecule has 3 rings (SSSR count). The largest absolute Gasteiger partial charge is 0.336 e. The van der Waals surface area contributed by atoms with Crippen LogP contribution in [0, 0.1) is 12.7 Å². The third-order valence-corrected chi connectivity index (χ3v) is 4.10. The predicted octanol–water partition coefficient (Wildman–Crippen LogP) is 3.57. The lowest BCUT2D eigenvalue weighted by atomic mass is 10.1. The van der Waals surface area contributed by atoms with Crippen LogP contribution < -0.4 is 15.5 Å². The Hall–Kier alpha value is -2.60. The number of hydrogen-bond acceptors (Lipinski definition) is 2. The molecule has 5 nitrogen and oxygen atoms in total. The number of anilines is 2. The molecule has 0 aromatic heterocycles. The van der Waals surface area contributed by atoms with Crippen LogP contribution in [0.5, 0.6) is 0 Å². The van der Waals surface area contributed by atoms with Crippen molar-refractivity contribution < 1.29 is 14.0 Å². The highest BCUT2D eigenvalue weighted by atomic mass is 35.5. The Morgan fingerprint density at radius 2 is 2.00 bits per heavy atom. The van der Waals surface area contributed by atoms with Crippen LogP contribution in [0.4, 0.5) is 20.6 Å². The van der Waals surface area contributed by atoms with Gasteiger partial charge in [-0.05, 0) is 48.9 Å². The SMILES string of the molecule is Cc1cc(C(=O)Nc2ccc(N3CCNC3=O)cc2)c(Cl)cc1F. The summed E-state index contributed by atoms with van der Waals surface area (Å²) < 4.78 is 13.4. The molecule has 0 aliphatic carbocycles. The van der Waals surface area contributed by atoms with E-state index >= 15 is 0 Å². The predicted molar refractivity (Wildman–Crippen MR) is 91.3 cm³/mol. The summed E-state index contributed by atoms with van der Waals surface area (Å²) in [4.78, 5) is 25.5. The maximum Gasteiger partial charge on any atom is 0.321 e. The van der Waals surface area contributed by atoms with Crippen LogP contribution in [0.1, 0.15) is 15.9 Å². The Labute approximate surface area is 143 Å². The lowest BCUT2D eigenvalue weighted by Crippen LogP contribution is -2.27. The van der Waals surface area contributed by atoms with Gasteiger partial charge in [-0.3, -0.25) is 9.69 Å². The first-order valence-electron chi connectivity index (χ1n) is 7.38. The molecule has 7 heteroatoms. The molecule has 2 N–H and O–H groups in total. The summed E-state index contributed by atoms with van der Waals surface area (Å²) in [5.41, 5.74) is 1.86. The maximum atomic E-state index is 13.4. The molecule has 0 radical (unpaired) electrons. The summed E-state index contributed by atoms with van der Waals surface area (Å²) in [7, 11) is 0. The van der Waals surface area contributed by atoms with E-state index in [0.29, 0.717) is 24.3 Å². The van der Waals surface area contributed by atoms with E-state index in [0.717, 1.165) is 11.8 Å². The van der Waals surface area contributed by atoms with Gasteiger partial charge in [-0.25, -0.2) is 9.18 Å². The summed E-state index contributed by atoms with van der Waals surface area (Å²) in [6, 6.07) is 9.29. The van der Waals surface area contributed by atoms with Gasteiger partial charge in [0.05, 0.1) is 10.6 Å². The Morgan fingerprint density at radius 3 is 2.62 bits per heavy atom. The average Bonchev–Trinajstić information content (AvgIpc) is 2.97. The molecule has 0 unspecified atom stereocenters. The number of urea groups is 1. The molecule has 2 aromatic carbocycles. The average molecular weight is 348 g/mol. The molecular weight excluding hydrogens is 333 g/mol. The monoisotopic (exact) mass is 347 g/mol. The highest BCUT2D eigenvalue weighted by molar-refractivity contribution is 6.34. The fourth-order valence-corrected chi connectivity index (χ4v) is 2.71. The quantitative estimate of drug-likeness (QED) is 0.891. The summed E-state index contributed by atoms with van der Waals surface area (Å²) in [6.07, 6.45) is 0. The Kier molecular flexibility index (Phi) is 4.40. The van der Waals surface area contributed by atoms with Gasteiger partial charge in [-0.15, -0.1) is 0 Å². The van der Waals surface area contributed by atoms with E-state index in [1.165, 1.54) is 6.07 Å². The minimum atomic E-state index is -0.454. The number of nitrogens with zero attached hydrogens (tertiary/aromatic N) is 1. The maximum absolute atomic E-state index is 13.4. The summed E-state index contributed by atoms with van der Waals surface area (Å²) in [6.45, 7) is 2.78. The number of hydrogen-bond donors (Lipinski definition) is 2. The van der Waals surface area contributed by atoms with Gasteiger partial charge in [0.1, 0.15) is 5.82 Å². The topological polar surface area (TPSA) is 61.4 Å². The van der Waals surface area contributed by atoms with Crippen molar-refractivity contribution in [1.29, 1.82) is 0 Å². The van der Waals surface area contributed by atoms with Crippen LogP contribution in [0.3, 0.4) is 0 Å². The lowest BCUT2D eigenvalue weighted by Gasteiger charge is -2.15. The van der Waals surface area contributed by atoms with Crippen LogP contribution >= 0.6 is 11.6 Å². The normalized spacial score (nSPS) is 13.8. The van der Waals surface area contributed by atoms with E-state index in [4.69, 9.17) is 11.6 Å². The molecule has 1 saturated heterocycles. The van der Waals surface area contributed by atoms with Crippen molar-refractivity contribution in [3.63, 3.8) is 0 Å². The molecule has 0 atom stereocenters. The van der Waals surface area contributed by atoms with Crippen LogP contribution in [0.15, 0.2) is 36.4 Å². The van der Waals surface area contributed by atoms with Crippen molar-refractivity contribution in [2.75, 3.05) is 23.3 Å². The second-order valence-electron chi connectivity index (χ2n) is 5.47. The molecule has 1 heterocycles. The molecule has 0 bridgehead atoms. The smallest absolute Gasteiger partial charge is 0.321 e. The van der Waals surface area contributed by atoms with Crippen molar-refractivity contribution in [2.45, 2.75) is 6.92 Å². The second kappa shape index (κ2) is 6.49. The zero-order valence-electron chi connectivity index (χ0n) is 12.9. The number of nitrogens with one attached hydrogen (secondary N) is 2. The molecule has 1 aliphatic heterocycles. The number of carbonyl (C=O) groups is 2. The standard InChI is InChI=1S/C17H15ClFN3O2/c1-10-8-13(14(18)9-15(10)19)16(23)21-11-2-4-12(5-3-11)22-7-6-20-17(22)24/h2-5,8-9H,6-7H2,1H3,(H,20,24)(H,21,23). The van der Waals surface area contributed by atoms with Crippen LogP contribution in [-0.4, -0.2) is 25.0 Å². The molecule has 2 aromatic rings. The van der Waals surface area contributed by atoms with Gasteiger partial charge in [0.2, 0.25) is 0 Å². The van der Waals surface area contributed by atoms with Crippen molar-refractivity contribution >= 4 is 34.9 Å². The van der Waals surface area contributed by atoms with E-state index < -0.39 is 11.7 Å². The van der Waals surface area contributed by atoms with Gasteiger partial charge in [0, 0.05) is 24.5 Å². The summed E-state index contributed by atoms with van der Waals surface area (Å²) >= 11 is 5.94. The molecule has 0 saturated carbocycles. The molecule has 24 heavy (non-hydrogen) atoms. The van der Waals surface area contributed by atoms with Gasteiger partial charge in [-0.1, -0.05) is 11.6 Å². The molecule has 0 spiro atoms. The minimum absolute atomic E-state index is 0.0564. The zero-order chi connectivity index (χ0) is 17.3. The second-order valence-corrected chi connectivity index (χ2v) is 5.87. The first-order chi connectivity index (χ1) is 11.5. The van der Waals surface area contributed by atoms with Crippen LogP contribution in [0.25, 0.3) is 0 Å². The lowest BCUT2D eigenvalue weighted by molar-refractivity contribution is 0.102. The Morgan fingerprint density at radius 1 is 1.29 bits per heavy atom. The fraction of sp³-hybridized carbons (Fsp3) is 0.176. The fourth-order valence-electron chi connectivity index (χ4n) is 2.47. The summed E-state index contributed by atoms with van der Waals surface area (Å²) in [5, 5.41) is 5.49.